The first kappa shape index (κ1) is 14.1. The summed E-state index contributed by atoms with van der Waals surface area (Å²) in [6, 6.07) is 9.11. The zero-order valence-electron chi connectivity index (χ0n) is 11.8. The lowest BCUT2D eigenvalue weighted by atomic mass is 9.85. The van der Waals surface area contributed by atoms with Gasteiger partial charge in [-0.2, -0.15) is 0 Å². The molecule has 0 aromatic heterocycles. The molecule has 0 atom stereocenters. The smallest absolute Gasteiger partial charge is 0.306 e. The number of aryl methyl sites for hydroxylation is 1. The van der Waals surface area contributed by atoms with Gasteiger partial charge in [0, 0.05) is 12.6 Å². The second-order valence-corrected chi connectivity index (χ2v) is 5.75. The molecule has 1 aromatic rings. The number of hydrogen-bond acceptors (Lipinski definition) is 2. The van der Waals surface area contributed by atoms with E-state index in [0.717, 1.165) is 32.2 Å². The molecule has 1 saturated carbocycles. The van der Waals surface area contributed by atoms with Crippen LogP contribution in [0.1, 0.15) is 36.8 Å². The van der Waals surface area contributed by atoms with Gasteiger partial charge in [-0.3, -0.25) is 9.69 Å². The molecule has 19 heavy (non-hydrogen) atoms. The van der Waals surface area contributed by atoms with Crippen LogP contribution in [0.4, 0.5) is 0 Å². The molecule has 3 nitrogen and oxygen atoms in total. The number of carboxylic acids is 1. The van der Waals surface area contributed by atoms with Crippen LogP contribution in [0, 0.1) is 12.8 Å². The van der Waals surface area contributed by atoms with Crippen LogP contribution in [-0.2, 0) is 11.3 Å². The van der Waals surface area contributed by atoms with Crippen molar-refractivity contribution >= 4 is 5.97 Å². The molecule has 104 valence electrons. The van der Waals surface area contributed by atoms with Crippen LogP contribution in [0.2, 0.25) is 0 Å². The quantitative estimate of drug-likeness (QED) is 0.905. The number of rotatable bonds is 4. The molecule has 1 aromatic carbocycles. The zero-order chi connectivity index (χ0) is 13.8. The molecular formula is C16H23NO2. The highest BCUT2D eigenvalue weighted by molar-refractivity contribution is 5.70. The maximum atomic E-state index is 10.9. The van der Waals surface area contributed by atoms with E-state index in [4.69, 9.17) is 5.11 Å². The molecule has 1 fully saturated rings. The molecule has 2 rings (SSSR count). The third kappa shape index (κ3) is 3.80. The molecule has 1 aliphatic carbocycles. The van der Waals surface area contributed by atoms with Crippen LogP contribution in [0.5, 0.6) is 0 Å². The normalized spacial score (nSPS) is 23.5. The highest BCUT2D eigenvalue weighted by Gasteiger charge is 2.27. The van der Waals surface area contributed by atoms with E-state index in [1.54, 1.807) is 0 Å². The van der Waals surface area contributed by atoms with Crippen molar-refractivity contribution in [2.24, 2.45) is 5.92 Å². The summed E-state index contributed by atoms with van der Waals surface area (Å²) in [5.41, 5.74) is 2.63. The molecule has 0 bridgehead atoms. The Morgan fingerprint density at radius 2 is 2.00 bits per heavy atom. The van der Waals surface area contributed by atoms with E-state index in [0.29, 0.717) is 6.04 Å². The van der Waals surface area contributed by atoms with Gasteiger partial charge in [0.15, 0.2) is 0 Å². The summed E-state index contributed by atoms with van der Waals surface area (Å²) in [5, 5.41) is 9.02. The Kier molecular flexibility index (Phi) is 4.59. The number of benzene rings is 1. The van der Waals surface area contributed by atoms with Crippen molar-refractivity contribution in [3.8, 4) is 0 Å². The van der Waals surface area contributed by atoms with Crippen LogP contribution >= 0.6 is 0 Å². The minimum atomic E-state index is -0.625. The SMILES string of the molecule is Cc1cccc(CN(C)C2CCC(C(=O)O)CC2)c1. The van der Waals surface area contributed by atoms with Crippen molar-refractivity contribution in [2.45, 2.75) is 45.2 Å². The molecule has 0 unspecified atom stereocenters. The first-order valence-corrected chi connectivity index (χ1v) is 7.05. The van der Waals surface area contributed by atoms with Gasteiger partial charge in [-0.1, -0.05) is 29.8 Å². The molecule has 1 N–H and O–H groups in total. The van der Waals surface area contributed by atoms with Gasteiger partial charge in [-0.15, -0.1) is 0 Å². The summed E-state index contributed by atoms with van der Waals surface area (Å²) >= 11 is 0. The Hall–Kier alpha value is -1.35. The largest absolute Gasteiger partial charge is 0.481 e. The second-order valence-electron chi connectivity index (χ2n) is 5.75. The van der Waals surface area contributed by atoms with Gasteiger partial charge in [0.05, 0.1) is 5.92 Å². The molecule has 0 saturated heterocycles. The zero-order valence-corrected chi connectivity index (χ0v) is 11.8. The van der Waals surface area contributed by atoms with Gasteiger partial charge >= 0.3 is 5.97 Å². The number of carboxylic acid groups (broad SMARTS) is 1. The highest BCUT2D eigenvalue weighted by atomic mass is 16.4. The molecule has 0 spiro atoms. The minimum Gasteiger partial charge on any atom is -0.481 e. The maximum Gasteiger partial charge on any atom is 0.306 e. The fourth-order valence-corrected chi connectivity index (χ4v) is 2.99. The molecule has 3 heteroatoms. The van der Waals surface area contributed by atoms with E-state index < -0.39 is 5.97 Å². The van der Waals surface area contributed by atoms with E-state index in [2.05, 4.69) is 43.1 Å². The average molecular weight is 261 g/mol. The standard InChI is InChI=1S/C16H23NO2/c1-12-4-3-5-13(10-12)11-17(2)15-8-6-14(7-9-15)16(18)19/h3-5,10,14-15H,6-9,11H2,1-2H3,(H,18,19). The third-order valence-electron chi connectivity index (χ3n) is 4.18. The first-order chi connectivity index (χ1) is 9.06. The lowest BCUT2D eigenvalue weighted by Gasteiger charge is -2.33. The van der Waals surface area contributed by atoms with Gasteiger partial charge < -0.3 is 5.11 Å². The molecule has 1 aliphatic rings. The van der Waals surface area contributed by atoms with Crippen molar-refractivity contribution in [1.82, 2.24) is 4.90 Å². The first-order valence-electron chi connectivity index (χ1n) is 7.05. The van der Waals surface area contributed by atoms with E-state index >= 15 is 0 Å². The van der Waals surface area contributed by atoms with Crippen molar-refractivity contribution in [3.05, 3.63) is 35.4 Å². The van der Waals surface area contributed by atoms with Crippen molar-refractivity contribution in [2.75, 3.05) is 7.05 Å². The summed E-state index contributed by atoms with van der Waals surface area (Å²) < 4.78 is 0. The van der Waals surface area contributed by atoms with E-state index in [9.17, 15) is 4.79 Å². The van der Waals surface area contributed by atoms with Crippen molar-refractivity contribution in [3.63, 3.8) is 0 Å². The van der Waals surface area contributed by atoms with Gasteiger partial charge in [0.2, 0.25) is 0 Å². The summed E-state index contributed by atoms with van der Waals surface area (Å²) in [5.74, 6) is -0.747. The monoisotopic (exact) mass is 261 g/mol. The molecule has 0 amide bonds. The van der Waals surface area contributed by atoms with Crippen molar-refractivity contribution in [1.29, 1.82) is 0 Å². The highest BCUT2D eigenvalue weighted by Crippen LogP contribution is 2.27. The second kappa shape index (κ2) is 6.20. The predicted molar refractivity (Wildman–Crippen MR) is 76.0 cm³/mol. The van der Waals surface area contributed by atoms with E-state index in [1.165, 1.54) is 11.1 Å². The molecule has 0 aliphatic heterocycles. The fraction of sp³-hybridized carbons (Fsp3) is 0.562. The number of nitrogens with zero attached hydrogens (tertiary/aromatic N) is 1. The van der Waals surface area contributed by atoms with Crippen LogP contribution in [0.25, 0.3) is 0 Å². The number of aliphatic carboxylic acids is 1. The Bertz CT molecular complexity index is 436. The summed E-state index contributed by atoms with van der Waals surface area (Å²) in [6.07, 6.45) is 3.63. The summed E-state index contributed by atoms with van der Waals surface area (Å²) in [4.78, 5) is 13.3. The number of hydrogen-bond donors (Lipinski definition) is 1. The summed E-state index contributed by atoms with van der Waals surface area (Å²) in [6.45, 7) is 3.06. The lowest BCUT2D eigenvalue weighted by molar-refractivity contribution is -0.143. The van der Waals surface area contributed by atoms with E-state index in [1.807, 2.05) is 0 Å². The Labute approximate surface area is 115 Å². The number of carbonyl (C=O) groups is 1. The fourth-order valence-electron chi connectivity index (χ4n) is 2.99. The topological polar surface area (TPSA) is 40.5 Å². The van der Waals surface area contributed by atoms with Crippen LogP contribution in [-0.4, -0.2) is 29.1 Å². The third-order valence-corrected chi connectivity index (χ3v) is 4.18. The lowest BCUT2D eigenvalue weighted by Crippen LogP contribution is -2.36. The Morgan fingerprint density at radius 3 is 2.58 bits per heavy atom. The molecule has 0 radical (unpaired) electrons. The average Bonchev–Trinajstić information content (AvgIpc) is 2.39. The predicted octanol–water partition coefficient (Wildman–Crippen LogP) is 3.07. The van der Waals surface area contributed by atoms with Gasteiger partial charge in [-0.25, -0.2) is 0 Å². The van der Waals surface area contributed by atoms with Crippen molar-refractivity contribution < 1.29 is 9.90 Å². The van der Waals surface area contributed by atoms with Gasteiger partial charge in [-0.05, 0) is 45.2 Å². The van der Waals surface area contributed by atoms with Crippen LogP contribution < -0.4 is 0 Å². The van der Waals surface area contributed by atoms with Gasteiger partial charge in [0.1, 0.15) is 0 Å². The van der Waals surface area contributed by atoms with Crippen LogP contribution in [0.15, 0.2) is 24.3 Å². The minimum absolute atomic E-state index is 0.122. The summed E-state index contributed by atoms with van der Waals surface area (Å²) in [7, 11) is 2.15. The van der Waals surface area contributed by atoms with E-state index in [-0.39, 0.29) is 5.92 Å². The maximum absolute atomic E-state index is 10.9. The van der Waals surface area contributed by atoms with Crippen LogP contribution in [0.3, 0.4) is 0 Å². The Morgan fingerprint density at radius 1 is 1.32 bits per heavy atom. The molecular weight excluding hydrogens is 238 g/mol. The van der Waals surface area contributed by atoms with Gasteiger partial charge in [0.25, 0.3) is 0 Å². The Balaban J connectivity index is 1.88. The molecule has 0 heterocycles.